The van der Waals surface area contributed by atoms with Crippen LogP contribution in [0.4, 0.5) is 0 Å². The second-order valence-electron chi connectivity index (χ2n) is 9.53. The Balaban J connectivity index is 1.66. The molecule has 0 radical (unpaired) electrons. The Morgan fingerprint density at radius 3 is 2.55 bits per heavy atom. The molecule has 2 heterocycles. The first-order valence-electron chi connectivity index (χ1n) is 12.0. The van der Waals surface area contributed by atoms with Gasteiger partial charge in [0, 0.05) is 16.5 Å². The SMILES string of the molecule is CCCCN1CCC(c2ccc3[nH]c(-c4ccc(C)c(OC)c4)c(C(C)C)c3c2)CC1. The van der Waals surface area contributed by atoms with Gasteiger partial charge in [0.15, 0.2) is 0 Å². The van der Waals surface area contributed by atoms with Crippen molar-refractivity contribution in [2.24, 2.45) is 0 Å². The van der Waals surface area contributed by atoms with E-state index in [9.17, 15) is 0 Å². The summed E-state index contributed by atoms with van der Waals surface area (Å²) in [6, 6.07) is 13.7. The molecule has 3 aromatic rings. The van der Waals surface area contributed by atoms with Gasteiger partial charge in [-0.25, -0.2) is 0 Å². The first kappa shape index (κ1) is 22.0. The van der Waals surface area contributed by atoms with E-state index in [1.165, 1.54) is 84.2 Å². The number of nitrogens with one attached hydrogen (secondary N) is 1. The van der Waals surface area contributed by atoms with Gasteiger partial charge < -0.3 is 14.6 Å². The fourth-order valence-electron chi connectivity index (χ4n) is 5.16. The molecule has 0 atom stereocenters. The molecule has 0 unspecified atom stereocenters. The molecule has 0 bridgehead atoms. The van der Waals surface area contributed by atoms with Gasteiger partial charge in [0.05, 0.1) is 12.8 Å². The fraction of sp³-hybridized carbons (Fsp3) is 0.500. The van der Waals surface area contributed by atoms with Crippen LogP contribution in [0.15, 0.2) is 36.4 Å². The Morgan fingerprint density at radius 1 is 1.10 bits per heavy atom. The van der Waals surface area contributed by atoms with Crippen LogP contribution >= 0.6 is 0 Å². The van der Waals surface area contributed by atoms with Crippen molar-refractivity contribution < 1.29 is 4.74 Å². The predicted octanol–water partition coefficient (Wildman–Crippen LogP) is 7.25. The first-order chi connectivity index (χ1) is 15.0. The van der Waals surface area contributed by atoms with Crippen molar-refractivity contribution in [3.05, 3.63) is 53.1 Å². The summed E-state index contributed by atoms with van der Waals surface area (Å²) in [4.78, 5) is 6.38. The van der Waals surface area contributed by atoms with Crippen molar-refractivity contribution in [3.63, 3.8) is 0 Å². The molecule has 1 aliphatic heterocycles. The summed E-state index contributed by atoms with van der Waals surface area (Å²) in [6.45, 7) is 12.7. The number of methoxy groups -OCH3 is 1. The Kier molecular flexibility index (Phi) is 6.71. The second kappa shape index (κ2) is 9.48. The number of hydrogen-bond donors (Lipinski definition) is 1. The summed E-state index contributed by atoms with van der Waals surface area (Å²) < 4.78 is 5.60. The van der Waals surface area contributed by atoms with E-state index in [0.717, 1.165) is 5.75 Å². The topological polar surface area (TPSA) is 28.3 Å². The van der Waals surface area contributed by atoms with Crippen LogP contribution in [-0.4, -0.2) is 36.6 Å². The molecule has 4 rings (SSSR count). The quantitative estimate of drug-likeness (QED) is 0.437. The average molecular weight is 419 g/mol. The average Bonchev–Trinajstić information content (AvgIpc) is 3.17. The molecule has 1 aromatic heterocycles. The van der Waals surface area contributed by atoms with Gasteiger partial charge in [-0.05, 0) is 92.5 Å². The van der Waals surface area contributed by atoms with Crippen LogP contribution in [0.2, 0.25) is 0 Å². The number of fused-ring (bicyclic) bond motifs is 1. The van der Waals surface area contributed by atoms with Crippen LogP contribution in [0.25, 0.3) is 22.2 Å². The number of aromatic nitrogens is 1. The van der Waals surface area contributed by atoms with Gasteiger partial charge in [-0.3, -0.25) is 0 Å². The second-order valence-corrected chi connectivity index (χ2v) is 9.53. The van der Waals surface area contributed by atoms with Crippen LogP contribution < -0.4 is 4.74 Å². The smallest absolute Gasteiger partial charge is 0.122 e. The van der Waals surface area contributed by atoms with Gasteiger partial charge in [0.1, 0.15) is 5.75 Å². The van der Waals surface area contributed by atoms with Crippen molar-refractivity contribution in [3.8, 4) is 17.0 Å². The molecular weight excluding hydrogens is 380 g/mol. The minimum atomic E-state index is 0.446. The van der Waals surface area contributed by atoms with Crippen LogP contribution in [0, 0.1) is 6.92 Å². The standard InChI is InChI=1S/C28H38N2O/c1-6-7-14-30-15-12-21(13-16-30)22-10-11-25-24(17-22)27(19(2)3)28(29-25)23-9-8-20(4)26(18-23)31-5/h8-11,17-19,21,29H,6-7,12-16H2,1-5H3. The van der Waals surface area contributed by atoms with E-state index in [1.54, 1.807) is 7.11 Å². The van der Waals surface area contributed by atoms with E-state index in [1.807, 2.05) is 0 Å². The van der Waals surface area contributed by atoms with E-state index >= 15 is 0 Å². The fourth-order valence-corrected chi connectivity index (χ4v) is 5.16. The number of H-pyrrole nitrogens is 1. The molecule has 0 aliphatic carbocycles. The minimum Gasteiger partial charge on any atom is -0.496 e. The number of benzene rings is 2. The molecule has 0 spiro atoms. The van der Waals surface area contributed by atoms with Crippen molar-refractivity contribution in [1.29, 1.82) is 0 Å². The molecule has 166 valence electrons. The highest BCUT2D eigenvalue weighted by molar-refractivity contribution is 5.92. The van der Waals surface area contributed by atoms with Gasteiger partial charge in [0.2, 0.25) is 0 Å². The molecule has 1 saturated heterocycles. The zero-order chi connectivity index (χ0) is 22.0. The summed E-state index contributed by atoms with van der Waals surface area (Å²) in [5.41, 5.74) is 7.77. The summed E-state index contributed by atoms with van der Waals surface area (Å²) in [5.74, 6) is 2.07. The molecule has 0 amide bonds. The maximum atomic E-state index is 5.60. The highest BCUT2D eigenvalue weighted by Crippen LogP contribution is 2.39. The number of aromatic amines is 1. The Labute approximate surface area is 187 Å². The zero-order valence-electron chi connectivity index (χ0n) is 19.9. The molecule has 2 aromatic carbocycles. The van der Waals surface area contributed by atoms with Crippen LogP contribution in [0.3, 0.4) is 0 Å². The number of piperidine rings is 1. The maximum absolute atomic E-state index is 5.60. The molecule has 3 nitrogen and oxygen atoms in total. The molecular formula is C28H38N2O. The van der Waals surface area contributed by atoms with Crippen LogP contribution in [-0.2, 0) is 0 Å². The van der Waals surface area contributed by atoms with Crippen LogP contribution in [0.5, 0.6) is 5.75 Å². The van der Waals surface area contributed by atoms with Crippen molar-refractivity contribution in [2.45, 2.75) is 65.2 Å². The van der Waals surface area contributed by atoms with Crippen molar-refractivity contribution in [1.82, 2.24) is 9.88 Å². The third kappa shape index (κ3) is 4.52. The number of hydrogen-bond acceptors (Lipinski definition) is 2. The molecule has 31 heavy (non-hydrogen) atoms. The van der Waals surface area contributed by atoms with E-state index in [4.69, 9.17) is 4.74 Å². The van der Waals surface area contributed by atoms with E-state index < -0.39 is 0 Å². The molecule has 1 aliphatic rings. The summed E-state index contributed by atoms with van der Waals surface area (Å²) in [5, 5.41) is 1.38. The van der Waals surface area contributed by atoms with Gasteiger partial charge >= 0.3 is 0 Å². The highest BCUT2D eigenvalue weighted by atomic mass is 16.5. The van der Waals surface area contributed by atoms with E-state index in [0.29, 0.717) is 11.8 Å². The van der Waals surface area contributed by atoms with Crippen LogP contribution in [0.1, 0.15) is 75.0 Å². The van der Waals surface area contributed by atoms with Crippen molar-refractivity contribution >= 4 is 10.9 Å². The van der Waals surface area contributed by atoms with E-state index in [-0.39, 0.29) is 0 Å². The number of unbranched alkanes of at least 4 members (excludes halogenated alkanes) is 1. The predicted molar refractivity (Wildman–Crippen MR) is 132 cm³/mol. The first-order valence-corrected chi connectivity index (χ1v) is 12.0. The molecule has 3 heteroatoms. The molecule has 0 saturated carbocycles. The Bertz CT molecular complexity index is 1020. The van der Waals surface area contributed by atoms with Gasteiger partial charge in [0.25, 0.3) is 0 Å². The lowest BCUT2D eigenvalue weighted by atomic mass is 9.87. The Hall–Kier alpha value is -2.26. The summed E-state index contributed by atoms with van der Waals surface area (Å²) in [7, 11) is 1.75. The maximum Gasteiger partial charge on any atom is 0.122 e. The van der Waals surface area contributed by atoms with Gasteiger partial charge in [-0.2, -0.15) is 0 Å². The lowest BCUT2D eigenvalue weighted by Gasteiger charge is -2.32. The third-order valence-electron chi connectivity index (χ3n) is 7.02. The molecule has 1 N–H and O–H groups in total. The zero-order valence-corrected chi connectivity index (χ0v) is 19.9. The Morgan fingerprint density at radius 2 is 1.87 bits per heavy atom. The minimum absolute atomic E-state index is 0.446. The summed E-state index contributed by atoms with van der Waals surface area (Å²) >= 11 is 0. The largest absolute Gasteiger partial charge is 0.496 e. The number of rotatable bonds is 7. The molecule has 1 fully saturated rings. The van der Waals surface area contributed by atoms with Crippen molar-refractivity contribution in [2.75, 3.05) is 26.7 Å². The normalized spacial score (nSPS) is 15.8. The number of nitrogens with zero attached hydrogens (tertiary/aromatic N) is 1. The monoisotopic (exact) mass is 418 g/mol. The summed E-state index contributed by atoms with van der Waals surface area (Å²) in [6.07, 6.45) is 5.17. The number of ether oxygens (including phenoxy) is 1. The lowest BCUT2D eigenvalue weighted by Crippen LogP contribution is -2.33. The number of aryl methyl sites for hydroxylation is 1. The number of likely N-dealkylation sites (tertiary alicyclic amines) is 1. The van der Waals surface area contributed by atoms with Gasteiger partial charge in [-0.1, -0.05) is 45.4 Å². The third-order valence-corrected chi connectivity index (χ3v) is 7.02. The van der Waals surface area contributed by atoms with Gasteiger partial charge in [-0.15, -0.1) is 0 Å². The van der Waals surface area contributed by atoms with E-state index in [2.05, 4.69) is 74.0 Å². The highest BCUT2D eigenvalue weighted by Gasteiger charge is 2.22. The lowest BCUT2D eigenvalue weighted by molar-refractivity contribution is 0.210.